The molecular weight excluding hydrogens is 899 g/mol. The average Bonchev–Trinajstić information content (AvgIpc) is 3.83. The second-order valence-corrected chi connectivity index (χ2v) is 26.4. The molecule has 4 heteroatoms. The van der Waals surface area contributed by atoms with Crippen LogP contribution in [0.1, 0.15) is 142 Å². The van der Waals surface area contributed by atoms with Crippen LogP contribution in [0.15, 0.2) is 115 Å². The first-order valence-electron chi connectivity index (χ1n) is 22.6. The van der Waals surface area contributed by atoms with E-state index in [0.717, 1.165) is 9.52 Å². The Balaban J connectivity index is 0.000000298. The Morgan fingerprint density at radius 2 is 0.937 bits per heavy atom. The normalized spacial score (nSPS) is 12.0. The summed E-state index contributed by atoms with van der Waals surface area (Å²) in [4.78, 5) is 0. The summed E-state index contributed by atoms with van der Waals surface area (Å²) in [6.45, 7) is 41.4. The molecule has 0 bridgehead atoms. The van der Waals surface area contributed by atoms with Crippen LogP contribution in [0.4, 0.5) is 0 Å². The number of halogens is 2. The fourth-order valence-corrected chi connectivity index (χ4v) is 8.98. The predicted octanol–water partition coefficient (Wildman–Crippen LogP) is 19.2. The summed E-state index contributed by atoms with van der Waals surface area (Å²) in [6.07, 6.45) is 0. The van der Waals surface area contributed by atoms with E-state index in [9.17, 15) is 0 Å². The number of hydrogen-bond donors (Lipinski definition) is 0. The fraction of sp³-hybridized carbons (Fsp3) is 0.390. The molecule has 0 aliphatic heterocycles. The van der Waals surface area contributed by atoms with Crippen molar-refractivity contribution in [2.24, 2.45) is 0 Å². The molecule has 2 radical (unpaired) electrons. The SMILES string of the molecule is CC(C)c1cc2c(-c3ccccc3)cccc2[cH-]1.C[Si]C.Cc1c(C(C)(C)C)cc(-c2cc3cccc(-c4cc(C(C)(C)C)c(C)c(C(C)(C)C)c4)c3[cH-]2)cc1C(C)(C)C.[Cl][Zr+2][Cl]. The Morgan fingerprint density at radius 3 is 1.38 bits per heavy atom. The quantitative estimate of drug-likeness (QED) is 0.122. The number of fused-ring (bicyclic) bond motifs is 2. The van der Waals surface area contributed by atoms with E-state index >= 15 is 0 Å². The van der Waals surface area contributed by atoms with Crippen molar-refractivity contribution in [3.05, 3.63) is 154 Å². The molecule has 0 heterocycles. The Hall–Kier alpha value is -3.00. The zero-order valence-corrected chi connectivity index (χ0v) is 46.8. The minimum absolute atomic E-state index is 0.0831. The van der Waals surface area contributed by atoms with Gasteiger partial charge in [0.2, 0.25) is 0 Å². The minimum atomic E-state index is -0.826. The Morgan fingerprint density at radius 1 is 0.508 bits per heavy atom. The summed E-state index contributed by atoms with van der Waals surface area (Å²) in [5, 5.41) is 5.37. The maximum absolute atomic E-state index is 4.93. The third kappa shape index (κ3) is 13.1. The van der Waals surface area contributed by atoms with Gasteiger partial charge in [-0.2, -0.15) is 6.07 Å². The summed E-state index contributed by atoms with van der Waals surface area (Å²) >= 11 is -0.826. The van der Waals surface area contributed by atoms with Gasteiger partial charge in [0.1, 0.15) is 0 Å². The van der Waals surface area contributed by atoms with Gasteiger partial charge in [-0.05, 0) is 80.4 Å². The van der Waals surface area contributed by atoms with E-state index in [1.807, 2.05) is 0 Å². The second-order valence-electron chi connectivity index (χ2n) is 21.6. The van der Waals surface area contributed by atoms with Gasteiger partial charge in [-0.1, -0.05) is 211 Å². The Kier molecular flexibility index (Phi) is 18.0. The van der Waals surface area contributed by atoms with Gasteiger partial charge in [-0.25, -0.2) is 0 Å². The Bertz CT molecular complexity index is 2500. The van der Waals surface area contributed by atoms with Gasteiger partial charge in [0.05, 0.1) is 0 Å². The van der Waals surface area contributed by atoms with E-state index in [2.05, 4.69) is 239 Å². The molecule has 0 N–H and O–H groups in total. The zero-order chi connectivity index (χ0) is 47.2. The van der Waals surface area contributed by atoms with Crippen molar-refractivity contribution >= 4 is 48.1 Å². The molecular formula is C59H74Cl2SiZr. The summed E-state index contributed by atoms with van der Waals surface area (Å²) in [5.41, 5.74) is 18.3. The second kappa shape index (κ2) is 21.5. The number of rotatable bonds is 4. The van der Waals surface area contributed by atoms with E-state index in [4.69, 9.17) is 17.0 Å². The van der Waals surface area contributed by atoms with Gasteiger partial charge in [0.15, 0.2) is 0 Å². The van der Waals surface area contributed by atoms with Crippen molar-refractivity contribution in [2.45, 2.75) is 151 Å². The molecule has 0 saturated heterocycles. The third-order valence-electron chi connectivity index (χ3n) is 12.0. The first-order valence-corrected chi connectivity index (χ1v) is 30.9. The molecule has 0 nitrogen and oxygen atoms in total. The van der Waals surface area contributed by atoms with Crippen molar-refractivity contribution in [1.29, 1.82) is 0 Å². The number of benzene rings is 5. The zero-order valence-electron chi connectivity index (χ0n) is 41.8. The molecule has 0 atom stereocenters. The van der Waals surface area contributed by atoms with Crippen LogP contribution >= 0.6 is 17.0 Å². The molecule has 0 spiro atoms. The Labute approximate surface area is 404 Å². The first-order chi connectivity index (χ1) is 29.3. The van der Waals surface area contributed by atoms with Crippen LogP contribution in [0.5, 0.6) is 0 Å². The van der Waals surface area contributed by atoms with Gasteiger partial charge < -0.3 is 0 Å². The molecule has 332 valence electrons. The van der Waals surface area contributed by atoms with E-state index in [-0.39, 0.29) is 21.7 Å². The summed E-state index contributed by atoms with van der Waals surface area (Å²) < 4.78 is 0. The molecule has 0 aromatic heterocycles. The van der Waals surface area contributed by atoms with Gasteiger partial charge in [-0.15, -0.1) is 63.0 Å². The summed E-state index contributed by atoms with van der Waals surface area (Å²) in [5.74, 6) is 0.584. The van der Waals surface area contributed by atoms with Crippen molar-refractivity contribution in [2.75, 3.05) is 0 Å². The average molecular weight is 973 g/mol. The number of hydrogen-bond acceptors (Lipinski definition) is 0. The molecule has 7 aromatic rings. The van der Waals surface area contributed by atoms with Crippen LogP contribution in [0, 0.1) is 13.8 Å². The van der Waals surface area contributed by atoms with Crippen LogP contribution in [-0.4, -0.2) is 9.52 Å². The van der Waals surface area contributed by atoms with Crippen molar-refractivity contribution in [3.63, 3.8) is 0 Å². The molecule has 0 saturated carbocycles. The van der Waals surface area contributed by atoms with Crippen LogP contribution < -0.4 is 0 Å². The van der Waals surface area contributed by atoms with E-state index in [1.165, 1.54) is 93.9 Å². The summed E-state index contributed by atoms with van der Waals surface area (Å²) in [6, 6.07) is 43.3. The van der Waals surface area contributed by atoms with Crippen molar-refractivity contribution in [3.8, 4) is 33.4 Å². The standard InChI is InChI=1S/C39H51.C18H17.C2H6Si.2ClH.Zr/c1-24-32(36(3,4)5)20-28(21-33(24)37(6,7)8)27-18-26-16-15-17-30(31(26)19-27)29-22-34(38(9,10)11)25(2)35(23-29)39(12,13)14;1-13(2)16-11-15-9-6-10-17(18(15)12-16)14-7-4-3-5-8-14;1-3-2;;;/h15-23H,1-14H3;3-13H,1-2H3;1-2H3;2*1H;/q2*-1;;;;+4/p-2. The van der Waals surface area contributed by atoms with E-state index < -0.39 is 20.8 Å². The monoisotopic (exact) mass is 970 g/mol. The molecule has 0 aliphatic rings. The van der Waals surface area contributed by atoms with Crippen LogP contribution in [0.2, 0.25) is 13.1 Å². The van der Waals surface area contributed by atoms with Gasteiger partial charge in [0.25, 0.3) is 0 Å². The molecule has 0 unspecified atom stereocenters. The van der Waals surface area contributed by atoms with Crippen LogP contribution in [0.25, 0.3) is 54.9 Å². The van der Waals surface area contributed by atoms with Gasteiger partial charge >= 0.3 is 37.9 Å². The van der Waals surface area contributed by atoms with Crippen molar-refractivity contribution in [1.82, 2.24) is 0 Å². The van der Waals surface area contributed by atoms with E-state index in [0.29, 0.717) is 5.92 Å². The maximum atomic E-state index is 4.93. The van der Waals surface area contributed by atoms with Gasteiger partial charge in [0, 0.05) is 9.52 Å². The molecule has 0 fully saturated rings. The third-order valence-corrected chi connectivity index (χ3v) is 12.0. The van der Waals surface area contributed by atoms with Gasteiger partial charge in [-0.3, -0.25) is 0 Å². The van der Waals surface area contributed by atoms with Crippen LogP contribution in [-0.2, 0) is 42.5 Å². The molecule has 0 aliphatic carbocycles. The van der Waals surface area contributed by atoms with E-state index in [1.54, 1.807) is 0 Å². The molecule has 7 aromatic carbocycles. The van der Waals surface area contributed by atoms with Crippen molar-refractivity contribution < 1.29 is 20.8 Å². The summed E-state index contributed by atoms with van der Waals surface area (Å²) in [7, 11) is 11.0. The molecule has 0 amide bonds. The molecule has 7 rings (SSSR count). The fourth-order valence-electron chi connectivity index (χ4n) is 8.98. The van der Waals surface area contributed by atoms with Crippen LogP contribution in [0.3, 0.4) is 0 Å². The first kappa shape index (κ1) is 52.6. The molecule has 63 heavy (non-hydrogen) atoms. The predicted molar refractivity (Wildman–Crippen MR) is 283 cm³/mol. The topological polar surface area (TPSA) is 0 Å².